The van der Waals surface area contributed by atoms with Crippen LogP contribution in [0.5, 0.6) is 5.75 Å². The molecule has 3 aromatic rings. The molecule has 0 fully saturated rings. The Bertz CT molecular complexity index is 1140. The lowest BCUT2D eigenvalue weighted by Crippen LogP contribution is -2.25. The fourth-order valence-electron chi connectivity index (χ4n) is 3.71. The minimum Gasteiger partial charge on any atom is -0.489 e. The fourth-order valence-corrected chi connectivity index (χ4v) is 3.71. The molecule has 3 heterocycles. The maximum absolute atomic E-state index is 13.0. The molecule has 1 aliphatic heterocycles. The molecule has 1 aliphatic rings. The summed E-state index contributed by atoms with van der Waals surface area (Å²) in [6.45, 7) is 10.1. The number of allylic oxidation sites excluding steroid dienone is 1. The number of aryl methyl sites for hydroxylation is 2. The van der Waals surface area contributed by atoms with E-state index in [0.717, 1.165) is 11.2 Å². The Hall–Kier alpha value is -3.42. The molecule has 0 saturated heterocycles. The van der Waals surface area contributed by atoms with Crippen molar-refractivity contribution in [2.45, 2.75) is 39.8 Å². The van der Waals surface area contributed by atoms with E-state index in [0.29, 0.717) is 48.0 Å². The summed E-state index contributed by atoms with van der Waals surface area (Å²) in [5, 5.41) is 7.27. The van der Waals surface area contributed by atoms with Gasteiger partial charge in [-0.15, -0.1) is 6.58 Å². The highest BCUT2D eigenvalue weighted by Crippen LogP contribution is 2.38. The largest absolute Gasteiger partial charge is 0.489 e. The topological polar surface area (TPSA) is 91.0 Å². The third kappa shape index (κ3) is 3.20. The van der Waals surface area contributed by atoms with Crippen molar-refractivity contribution in [1.82, 2.24) is 19.3 Å². The van der Waals surface area contributed by atoms with Gasteiger partial charge in [-0.2, -0.15) is 5.10 Å². The SMILES string of the molecule is C=CC[C@H]1COc2cc(C(C)=O)cc3nc(NC(=O)c4cc(C)nn4CC)n1c23. The first-order valence-corrected chi connectivity index (χ1v) is 9.59. The Balaban J connectivity index is 1.82. The third-order valence-electron chi connectivity index (χ3n) is 5.05. The van der Waals surface area contributed by atoms with E-state index in [4.69, 9.17) is 4.74 Å². The summed E-state index contributed by atoms with van der Waals surface area (Å²) >= 11 is 0. The molecule has 4 rings (SSSR count). The zero-order valence-electron chi connectivity index (χ0n) is 16.7. The van der Waals surface area contributed by atoms with Crippen molar-refractivity contribution >= 4 is 28.7 Å². The maximum atomic E-state index is 13.0. The number of rotatable bonds is 6. The van der Waals surface area contributed by atoms with E-state index in [2.05, 4.69) is 22.0 Å². The van der Waals surface area contributed by atoms with E-state index in [1.54, 1.807) is 22.9 Å². The quantitative estimate of drug-likeness (QED) is 0.511. The van der Waals surface area contributed by atoms with Gasteiger partial charge in [0.2, 0.25) is 5.95 Å². The molecule has 1 N–H and O–H groups in total. The molecule has 0 bridgehead atoms. The molecule has 0 unspecified atom stereocenters. The van der Waals surface area contributed by atoms with E-state index in [1.807, 2.05) is 24.5 Å². The van der Waals surface area contributed by atoms with Crippen LogP contribution in [0, 0.1) is 6.92 Å². The summed E-state index contributed by atoms with van der Waals surface area (Å²) in [4.78, 5) is 29.5. The number of anilines is 1. The first-order chi connectivity index (χ1) is 13.9. The molecule has 8 nitrogen and oxygen atoms in total. The van der Waals surface area contributed by atoms with E-state index >= 15 is 0 Å². The summed E-state index contributed by atoms with van der Waals surface area (Å²) in [7, 11) is 0. The first kappa shape index (κ1) is 18.9. The number of nitrogens with one attached hydrogen (secondary N) is 1. The zero-order chi connectivity index (χ0) is 20.7. The van der Waals surface area contributed by atoms with E-state index in [9.17, 15) is 9.59 Å². The average molecular weight is 393 g/mol. The van der Waals surface area contributed by atoms with E-state index in [1.165, 1.54) is 6.92 Å². The van der Waals surface area contributed by atoms with Crippen molar-refractivity contribution < 1.29 is 14.3 Å². The van der Waals surface area contributed by atoms with Crippen LogP contribution < -0.4 is 10.1 Å². The van der Waals surface area contributed by atoms with Gasteiger partial charge in [0.1, 0.15) is 23.6 Å². The van der Waals surface area contributed by atoms with Crippen LogP contribution in [0.4, 0.5) is 5.95 Å². The van der Waals surface area contributed by atoms with Gasteiger partial charge < -0.3 is 4.74 Å². The Kier molecular flexibility index (Phi) is 4.70. The first-order valence-electron chi connectivity index (χ1n) is 9.59. The highest BCUT2D eigenvalue weighted by molar-refractivity contribution is 6.04. The summed E-state index contributed by atoms with van der Waals surface area (Å²) in [5.74, 6) is 0.665. The molecule has 0 aliphatic carbocycles. The number of ether oxygens (including phenoxy) is 1. The molecule has 0 spiro atoms. The van der Waals surface area contributed by atoms with Crippen LogP contribution in [0.25, 0.3) is 11.0 Å². The van der Waals surface area contributed by atoms with Gasteiger partial charge in [0.15, 0.2) is 5.78 Å². The van der Waals surface area contributed by atoms with Crippen LogP contribution in [0.3, 0.4) is 0 Å². The summed E-state index contributed by atoms with van der Waals surface area (Å²) in [5.41, 5.74) is 3.15. The lowest BCUT2D eigenvalue weighted by molar-refractivity contribution is 0.100. The molecule has 0 radical (unpaired) electrons. The van der Waals surface area contributed by atoms with Crippen molar-refractivity contribution in [2.24, 2.45) is 0 Å². The minimum atomic E-state index is -0.281. The standard InChI is InChI=1S/C21H23N5O3/c1-5-7-15-11-29-18-10-14(13(4)27)9-16-19(18)26(15)21(22-16)23-20(28)17-8-12(3)24-25(17)6-2/h5,8-10,15H,1,6-7,11H2,2-4H3,(H,22,23,28)/t15-/m0/s1. The molecule has 2 aromatic heterocycles. The summed E-state index contributed by atoms with van der Waals surface area (Å²) in [6, 6.07) is 5.16. The van der Waals surface area contributed by atoms with Crippen LogP contribution in [0.15, 0.2) is 30.9 Å². The second kappa shape index (κ2) is 7.20. The number of ketones is 1. The molecule has 150 valence electrons. The van der Waals surface area contributed by atoms with Crippen LogP contribution in [-0.4, -0.2) is 37.6 Å². The van der Waals surface area contributed by atoms with Gasteiger partial charge in [0.05, 0.1) is 17.3 Å². The number of hydrogen-bond acceptors (Lipinski definition) is 5. The number of imidazole rings is 1. The van der Waals surface area contributed by atoms with Gasteiger partial charge in [-0.1, -0.05) is 6.08 Å². The number of Topliss-reactive ketones (excluding diaryl/α,β-unsaturated/α-hetero) is 1. The minimum absolute atomic E-state index is 0.0544. The van der Waals surface area contributed by atoms with Crippen LogP contribution >= 0.6 is 0 Å². The van der Waals surface area contributed by atoms with E-state index < -0.39 is 0 Å². The van der Waals surface area contributed by atoms with Crippen molar-refractivity contribution in [1.29, 1.82) is 0 Å². The zero-order valence-corrected chi connectivity index (χ0v) is 16.7. The van der Waals surface area contributed by atoms with Gasteiger partial charge in [0.25, 0.3) is 5.91 Å². The number of amides is 1. The Labute approximate surface area is 168 Å². The smallest absolute Gasteiger partial charge is 0.276 e. The maximum Gasteiger partial charge on any atom is 0.276 e. The summed E-state index contributed by atoms with van der Waals surface area (Å²) < 4.78 is 9.54. The van der Waals surface area contributed by atoms with Crippen molar-refractivity contribution in [3.8, 4) is 5.75 Å². The van der Waals surface area contributed by atoms with Gasteiger partial charge in [-0.3, -0.25) is 24.2 Å². The molecule has 29 heavy (non-hydrogen) atoms. The average Bonchev–Trinajstić information content (AvgIpc) is 3.25. The number of aromatic nitrogens is 4. The van der Waals surface area contributed by atoms with Crippen molar-refractivity contribution in [3.63, 3.8) is 0 Å². The molecular formula is C21H23N5O3. The Morgan fingerprint density at radius 1 is 1.38 bits per heavy atom. The molecule has 8 heteroatoms. The number of benzene rings is 1. The number of hydrogen-bond donors (Lipinski definition) is 1. The second-order valence-corrected chi connectivity index (χ2v) is 7.13. The van der Waals surface area contributed by atoms with Crippen LogP contribution in [0.1, 0.15) is 52.9 Å². The molecular weight excluding hydrogens is 370 g/mol. The van der Waals surface area contributed by atoms with Gasteiger partial charge in [-0.05, 0) is 45.4 Å². The van der Waals surface area contributed by atoms with Gasteiger partial charge in [-0.25, -0.2) is 4.98 Å². The predicted molar refractivity (Wildman–Crippen MR) is 110 cm³/mol. The van der Waals surface area contributed by atoms with Gasteiger partial charge in [0, 0.05) is 12.1 Å². The number of nitrogens with zero attached hydrogens (tertiary/aromatic N) is 4. The molecule has 1 aromatic carbocycles. The predicted octanol–water partition coefficient (Wildman–Crippen LogP) is 3.53. The highest BCUT2D eigenvalue weighted by Gasteiger charge is 2.28. The third-order valence-corrected chi connectivity index (χ3v) is 5.05. The van der Waals surface area contributed by atoms with Gasteiger partial charge >= 0.3 is 0 Å². The van der Waals surface area contributed by atoms with Crippen LogP contribution in [-0.2, 0) is 6.54 Å². The molecule has 1 amide bonds. The van der Waals surface area contributed by atoms with Crippen molar-refractivity contribution in [2.75, 3.05) is 11.9 Å². The van der Waals surface area contributed by atoms with Crippen LogP contribution in [0.2, 0.25) is 0 Å². The second-order valence-electron chi connectivity index (χ2n) is 7.13. The summed E-state index contributed by atoms with van der Waals surface area (Å²) in [6.07, 6.45) is 2.48. The van der Waals surface area contributed by atoms with E-state index in [-0.39, 0.29) is 17.7 Å². The molecule has 1 atom stereocenters. The molecule has 0 saturated carbocycles. The lowest BCUT2D eigenvalue weighted by atomic mass is 10.1. The normalized spacial score (nSPS) is 15.2. The Morgan fingerprint density at radius 3 is 2.86 bits per heavy atom. The Morgan fingerprint density at radius 2 is 2.17 bits per heavy atom. The highest BCUT2D eigenvalue weighted by atomic mass is 16.5. The fraction of sp³-hybridized carbons (Fsp3) is 0.333. The number of carbonyl (C=O) groups is 2. The van der Waals surface area contributed by atoms with Crippen molar-refractivity contribution in [3.05, 3.63) is 47.8 Å². The lowest BCUT2D eigenvalue weighted by Gasteiger charge is -2.26. The number of carbonyl (C=O) groups excluding carboxylic acids is 2. The monoisotopic (exact) mass is 393 g/mol.